The summed E-state index contributed by atoms with van der Waals surface area (Å²) in [5.41, 5.74) is 1.47. The van der Waals surface area contributed by atoms with Crippen LogP contribution in [-0.4, -0.2) is 40.4 Å². The molecule has 0 aliphatic heterocycles. The third-order valence-corrected chi connectivity index (χ3v) is 7.83. The van der Waals surface area contributed by atoms with Crippen LogP contribution in [0.2, 0.25) is 0 Å². The van der Waals surface area contributed by atoms with Gasteiger partial charge in [-0.25, -0.2) is 4.98 Å². The summed E-state index contributed by atoms with van der Waals surface area (Å²) in [5, 5.41) is 3.43. The minimum absolute atomic E-state index is 0.0311. The maximum absolute atomic E-state index is 13.5. The van der Waals surface area contributed by atoms with Gasteiger partial charge in [-0.3, -0.25) is 19.4 Å². The molecule has 1 N–H and O–H groups in total. The molecule has 1 saturated carbocycles. The van der Waals surface area contributed by atoms with Crippen LogP contribution in [0.3, 0.4) is 0 Å². The van der Waals surface area contributed by atoms with Gasteiger partial charge in [-0.1, -0.05) is 0 Å². The highest BCUT2D eigenvalue weighted by molar-refractivity contribution is 6.06. The standard InChI is InChI=1S/C31H30N4O6/c1-17(18-7-8-18)35-24-5-4-6-25(36)21(24)13-22(31(35)38)30(37)34-29-10-9-19(16-33-29)41-26-11-12-32-23-15-28(40-3)27(39-2)14-20(23)26/h9-18H,4-8H2,1-3H3,(H,33,34,37)/t17-/m1/s1. The van der Waals surface area contributed by atoms with Gasteiger partial charge in [0.15, 0.2) is 17.3 Å². The van der Waals surface area contributed by atoms with Gasteiger partial charge in [-0.05, 0) is 68.9 Å². The summed E-state index contributed by atoms with van der Waals surface area (Å²) in [6, 6.07) is 9.95. The Morgan fingerprint density at radius 1 is 1.00 bits per heavy atom. The van der Waals surface area contributed by atoms with Crippen LogP contribution in [-0.2, 0) is 6.42 Å². The Labute approximate surface area is 236 Å². The lowest BCUT2D eigenvalue weighted by molar-refractivity contribution is 0.0969. The van der Waals surface area contributed by atoms with Gasteiger partial charge in [-0.15, -0.1) is 0 Å². The number of carbonyl (C=O) groups excluding carboxylic acids is 2. The zero-order valence-corrected chi connectivity index (χ0v) is 23.1. The zero-order chi connectivity index (χ0) is 28.7. The first-order valence-electron chi connectivity index (χ1n) is 13.7. The number of hydrogen-bond acceptors (Lipinski definition) is 8. The normalized spacial score (nSPS) is 15.2. The fourth-order valence-corrected chi connectivity index (χ4v) is 5.46. The molecule has 2 aliphatic rings. The molecule has 0 saturated heterocycles. The van der Waals surface area contributed by atoms with Crippen LogP contribution in [0.25, 0.3) is 10.9 Å². The number of methoxy groups -OCH3 is 2. The Hall–Kier alpha value is -4.73. The Bertz CT molecular complexity index is 1730. The Balaban J connectivity index is 1.25. The van der Waals surface area contributed by atoms with Crippen molar-refractivity contribution in [1.29, 1.82) is 0 Å². The molecule has 41 heavy (non-hydrogen) atoms. The number of benzene rings is 1. The van der Waals surface area contributed by atoms with Gasteiger partial charge in [0.2, 0.25) is 0 Å². The van der Waals surface area contributed by atoms with E-state index in [0.717, 1.165) is 23.9 Å². The summed E-state index contributed by atoms with van der Waals surface area (Å²) in [7, 11) is 3.12. The topological polar surface area (TPSA) is 122 Å². The Morgan fingerprint density at radius 3 is 2.49 bits per heavy atom. The van der Waals surface area contributed by atoms with Crippen molar-refractivity contribution in [2.24, 2.45) is 5.92 Å². The second-order valence-corrected chi connectivity index (χ2v) is 10.4. The number of amides is 1. The molecule has 0 unspecified atom stereocenters. The second kappa shape index (κ2) is 10.7. The summed E-state index contributed by atoms with van der Waals surface area (Å²) in [6.45, 7) is 2.00. The molecule has 10 heteroatoms. The maximum atomic E-state index is 13.5. The van der Waals surface area contributed by atoms with Crippen molar-refractivity contribution >= 4 is 28.4 Å². The average molecular weight is 555 g/mol. The molecule has 0 bridgehead atoms. The van der Waals surface area contributed by atoms with Crippen molar-refractivity contribution in [1.82, 2.24) is 14.5 Å². The average Bonchev–Trinajstić information content (AvgIpc) is 3.83. The van der Waals surface area contributed by atoms with E-state index in [2.05, 4.69) is 15.3 Å². The SMILES string of the molecule is COc1cc2nccc(Oc3ccc(NC(=O)c4cc5c(n([C@H](C)C6CC6)c4=O)CCCC5=O)nc3)c2cc1OC. The van der Waals surface area contributed by atoms with Crippen molar-refractivity contribution in [3.05, 3.63) is 76.0 Å². The molecule has 3 heterocycles. The largest absolute Gasteiger partial charge is 0.493 e. The first-order chi connectivity index (χ1) is 19.9. The molecular formula is C31H30N4O6. The van der Waals surface area contributed by atoms with Crippen molar-refractivity contribution < 1.29 is 23.8 Å². The fraction of sp³-hybridized carbons (Fsp3) is 0.323. The highest BCUT2D eigenvalue weighted by Crippen LogP contribution is 2.40. The summed E-state index contributed by atoms with van der Waals surface area (Å²) in [6.07, 6.45) is 6.98. The van der Waals surface area contributed by atoms with E-state index < -0.39 is 5.91 Å². The zero-order valence-electron chi connectivity index (χ0n) is 23.1. The number of carbonyl (C=O) groups is 2. The number of hydrogen-bond donors (Lipinski definition) is 1. The number of nitrogens with one attached hydrogen (secondary N) is 1. The van der Waals surface area contributed by atoms with Crippen LogP contribution in [0.5, 0.6) is 23.0 Å². The lowest BCUT2D eigenvalue weighted by Gasteiger charge is -2.25. The van der Waals surface area contributed by atoms with Gasteiger partial charge in [0.05, 0.1) is 25.9 Å². The summed E-state index contributed by atoms with van der Waals surface area (Å²) >= 11 is 0. The Morgan fingerprint density at radius 2 is 1.78 bits per heavy atom. The quantitative estimate of drug-likeness (QED) is 0.310. The second-order valence-electron chi connectivity index (χ2n) is 10.4. The molecule has 4 aromatic rings. The monoisotopic (exact) mass is 554 g/mol. The molecular weight excluding hydrogens is 524 g/mol. The van der Waals surface area contributed by atoms with Crippen LogP contribution in [0.4, 0.5) is 5.82 Å². The van der Waals surface area contributed by atoms with Gasteiger partial charge in [-0.2, -0.15) is 0 Å². The van der Waals surface area contributed by atoms with E-state index in [-0.39, 0.29) is 28.8 Å². The number of ketones is 1. The van der Waals surface area contributed by atoms with Gasteiger partial charge < -0.3 is 24.1 Å². The number of aromatic nitrogens is 3. The van der Waals surface area contributed by atoms with Crippen molar-refractivity contribution in [3.8, 4) is 23.0 Å². The van der Waals surface area contributed by atoms with E-state index in [1.807, 2.05) is 6.92 Å². The third kappa shape index (κ3) is 5.01. The molecule has 0 spiro atoms. The third-order valence-electron chi connectivity index (χ3n) is 7.83. The minimum Gasteiger partial charge on any atom is -0.493 e. The summed E-state index contributed by atoms with van der Waals surface area (Å²) < 4.78 is 18.5. The number of pyridine rings is 3. The molecule has 3 aromatic heterocycles. The molecule has 2 aliphatic carbocycles. The van der Waals surface area contributed by atoms with Crippen LogP contribution >= 0.6 is 0 Å². The highest BCUT2D eigenvalue weighted by Gasteiger charge is 2.34. The van der Waals surface area contributed by atoms with E-state index in [9.17, 15) is 14.4 Å². The highest BCUT2D eigenvalue weighted by atomic mass is 16.5. The van der Waals surface area contributed by atoms with Crippen molar-refractivity contribution in [2.45, 2.75) is 45.1 Å². The predicted molar refractivity (Wildman–Crippen MR) is 153 cm³/mol. The van der Waals surface area contributed by atoms with Crippen LogP contribution < -0.4 is 25.1 Å². The number of nitrogens with zero attached hydrogens (tertiary/aromatic N) is 3. The minimum atomic E-state index is -0.602. The summed E-state index contributed by atoms with van der Waals surface area (Å²) in [5.74, 6) is 2.09. The Kier molecular flexibility index (Phi) is 6.90. The molecule has 1 aromatic carbocycles. The molecule has 1 fully saturated rings. The molecule has 1 amide bonds. The number of rotatable bonds is 8. The van der Waals surface area contributed by atoms with E-state index >= 15 is 0 Å². The number of fused-ring (bicyclic) bond motifs is 2. The van der Waals surface area contributed by atoms with Crippen molar-refractivity contribution in [3.63, 3.8) is 0 Å². The van der Waals surface area contributed by atoms with Crippen molar-refractivity contribution in [2.75, 3.05) is 19.5 Å². The lowest BCUT2D eigenvalue weighted by atomic mass is 9.92. The first-order valence-corrected chi connectivity index (χ1v) is 13.7. The summed E-state index contributed by atoms with van der Waals surface area (Å²) in [4.78, 5) is 48.3. The van der Waals surface area contributed by atoms with Gasteiger partial charge in [0.25, 0.3) is 11.5 Å². The van der Waals surface area contributed by atoms with Crippen LogP contribution in [0.15, 0.2) is 53.6 Å². The smallest absolute Gasteiger partial charge is 0.263 e. The number of Topliss-reactive ketones (excluding diaryl/α,β-unsaturated/α-hetero) is 1. The molecule has 1 atom stereocenters. The van der Waals surface area contributed by atoms with Gasteiger partial charge in [0, 0.05) is 41.4 Å². The van der Waals surface area contributed by atoms with Gasteiger partial charge >= 0.3 is 0 Å². The number of anilines is 1. The van der Waals surface area contributed by atoms with E-state index in [0.29, 0.717) is 59.3 Å². The number of ether oxygens (including phenoxy) is 3. The van der Waals surface area contributed by atoms with E-state index in [4.69, 9.17) is 14.2 Å². The molecule has 0 radical (unpaired) electrons. The predicted octanol–water partition coefficient (Wildman–Crippen LogP) is 5.34. The maximum Gasteiger partial charge on any atom is 0.263 e. The van der Waals surface area contributed by atoms with Gasteiger partial charge in [0.1, 0.15) is 22.9 Å². The molecule has 6 rings (SSSR count). The molecule has 10 nitrogen and oxygen atoms in total. The van der Waals surface area contributed by atoms with E-state index in [1.165, 1.54) is 12.3 Å². The molecule has 210 valence electrons. The van der Waals surface area contributed by atoms with Crippen LogP contribution in [0, 0.1) is 5.92 Å². The van der Waals surface area contributed by atoms with E-state index in [1.54, 1.807) is 55.3 Å². The fourth-order valence-electron chi connectivity index (χ4n) is 5.46. The lowest BCUT2D eigenvalue weighted by Crippen LogP contribution is -2.36. The van der Waals surface area contributed by atoms with Crippen LogP contribution in [0.1, 0.15) is 65.1 Å². The first kappa shape index (κ1) is 26.5.